The van der Waals surface area contributed by atoms with Gasteiger partial charge in [0.15, 0.2) is 0 Å². The Morgan fingerprint density at radius 1 is 1.43 bits per heavy atom. The number of aromatic carboxylic acids is 1. The Hall–Kier alpha value is -1.49. The number of carboxylic acids is 1. The van der Waals surface area contributed by atoms with Gasteiger partial charge in [0.05, 0.1) is 11.1 Å². The number of rotatable bonds is 1. The van der Waals surface area contributed by atoms with Crippen LogP contribution in [0.1, 0.15) is 47.8 Å². The summed E-state index contributed by atoms with van der Waals surface area (Å²) in [5, 5.41) is 10.0. The zero-order valence-electron chi connectivity index (χ0n) is 11.8. The van der Waals surface area contributed by atoms with Crippen LogP contribution in [0.3, 0.4) is 0 Å². The maximum atomic E-state index is 13.7. The highest BCUT2D eigenvalue weighted by Crippen LogP contribution is 2.40. The number of carbonyl (C=O) groups is 1. The number of hydrogen-bond acceptors (Lipinski definition) is 2. The van der Waals surface area contributed by atoms with Crippen molar-refractivity contribution in [3.63, 3.8) is 0 Å². The Labute approximate surface area is 130 Å². The molecular weight excluding hydrogens is 337 g/mol. The van der Waals surface area contributed by atoms with E-state index in [1.165, 1.54) is 12.1 Å². The summed E-state index contributed by atoms with van der Waals surface area (Å²) < 4.78 is 14.2. The highest BCUT2D eigenvalue weighted by atomic mass is 79.9. The van der Waals surface area contributed by atoms with Crippen LogP contribution in [-0.4, -0.2) is 16.1 Å². The number of nitrogens with zero attached hydrogens (tertiary/aromatic N) is 1. The molecule has 1 heterocycles. The number of hydrogen-bond donors (Lipinski definition) is 1. The van der Waals surface area contributed by atoms with Crippen molar-refractivity contribution in [1.29, 1.82) is 0 Å². The third-order valence-electron chi connectivity index (χ3n) is 4.13. The van der Waals surface area contributed by atoms with Crippen LogP contribution in [-0.2, 0) is 6.42 Å². The van der Waals surface area contributed by atoms with Crippen molar-refractivity contribution in [1.82, 2.24) is 4.98 Å². The van der Waals surface area contributed by atoms with E-state index in [4.69, 9.17) is 0 Å². The van der Waals surface area contributed by atoms with Gasteiger partial charge < -0.3 is 5.11 Å². The lowest BCUT2D eigenvalue weighted by atomic mass is 9.78. The zero-order valence-corrected chi connectivity index (χ0v) is 13.4. The standard InChI is InChI=1S/C16H15BrFNO2/c1-7-3-8(2)13-12(4-7)19-15-10(14(13)16(20)21)5-9(18)6-11(15)17/h5-8H,3-4H2,1-2H3,(H,20,21). The molecule has 21 heavy (non-hydrogen) atoms. The Kier molecular flexibility index (Phi) is 3.48. The summed E-state index contributed by atoms with van der Waals surface area (Å²) in [5.41, 5.74) is 2.33. The molecule has 3 rings (SSSR count). The maximum absolute atomic E-state index is 13.7. The zero-order chi connectivity index (χ0) is 15.3. The molecule has 2 atom stereocenters. The normalized spacial score (nSPS) is 21.3. The lowest BCUT2D eigenvalue weighted by Gasteiger charge is -2.28. The van der Waals surface area contributed by atoms with Crippen molar-refractivity contribution in [2.45, 2.75) is 32.6 Å². The van der Waals surface area contributed by atoms with E-state index in [0.717, 1.165) is 24.1 Å². The van der Waals surface area contributed by atoms with Crippen LogP contribution in [0, 0.1) is 11.7 Å². The van der Waals surface area contributed by atoms with E-state index in [2.05, 4.69) is 27.8 Å². The van der Waals surface area contributed by atoms with Crippen LogP contribution in [0.25, 0.3) is 10.9 Å². The molecule has 3 nitrogen and oxygen atoms in total. The second-order valence-electron chi connectivity index (χ2n) is 5.88. The average molecular weight is 352 g/mol. The van der Waals surface area contributed by atoms with E-state index in [1.54, 1.807) is 0 Å². The van der Waals surface area contributed by atoms with Gasteiger partial charge in [0, 0.05) is 15.6 Å². The van der Waals surface area contributed by atoms with E-state index >= 15 is 0 Å². The first-order chi connectivity index (χ1) is 9.88. The van der Waals surface area contributed by atoms with Gasteiger partial charge in [-0.25, -0.2) is 9.18 Å². The van der Waals surface area contributed by atoms with Crippen LogP contribution in [0.2, 0.25) is 0 Å². The molecule has 1 aliphatic carbocycles. The molecule has 0 spiro atoms. The Morgan fingerprint density at radius 3 is 2.81 bits per heavy atom. The fraction of sp³-hybridized carbons (Fsp3) is 0.375. The second kappa shape index (κ2) is 5.05. The quantitative estimate of drug-likeness (QED) is 0.821. The number of pyridine rings is 1. The van der Waals surface area contributed by atoms with Crippen molar-refractivity contribution in [2.24, 2.45) is 5.92 Å². The molecule has 0 saturated heterocycles. The van der Waals surface area contributed by atoms with Crippen LogP contribution >= 0.6 is 15.9 Å². The van der Waals surface area contributed by atoms with Crippen LogP contribution < -0.4 is 0 Å². The average Bonchev–Trinajstić information content (AvgIpc) is 2.36. The first-order valence-corrected chi connectivity index (χ1v) is 7.72. The first kappa shape index (κ1) is 14.4. The van der Waals surface area contributed by atoms with Gasteiger partial charge in [0.25, 0.3) is 0 Å². The number of carboxylic acid groups (broad SMARTS) is 1. The lowest BCUT2D eigenvalue weighted by molar-refractivity contribution is 0.0696. The third kappa shape index (κ3) is 2.33. The molecule has 1 N–H and O–H groups in total. The molecule has 0 fully saturated rings. The van der Waals surface area contributed by atoms with Gasteiger partial charge in [0.1, 0.15) is 5.82 Å². The van der Waals surface area contributed by atoms with E-state index in [0.29, 0.717) is 21.3 Å². The predicted octanol–water partition coefficient (Wildman–Crippen LogP) is 4.52. The van der Waals surface area contributed by atoms with Gasteiger partial charge >= 0.3 is 5.97 Å². The molecule has 0 amide bonds. The topological polar surface area (TPSA) is 50.2 Å². The van der Waals surface area contributed by atoms with Gasteiger partial charge in [-0.15, -0.1) is 0 Å². The largest absolute Gasteiger partial charge is 0.478 e. The van der Waals surface area contributed by atoms with E-state index in [9.17, 15) is 14.3 Å². The van der Waals surface area contributed by atoms with Gasteiger partial charge in [-0.05, 0) is 58.3 Å². The maximum Gasteiger partial charge on any atom is 0.336 e. The van der Waals surface area contributed by atoms with Gasteiger partial charge in [-0.2, -0.15) is 0 Å². The highest BCUT2D eigenvalue weighted by molar-refractivity contribution is 9.10. The molecule has 5 heteroatoms. The summed E-state index contributed by atoms with van der Waals surface area (Å²) in [6, 6.07) is 2.59. The number of aromatic nitrogens is 1. The number of fused-ring (bicyclic) bond motifs is 2. The number of halogens is 2. The van der Waals surface area contributed by atoms with Crippen LogP contribution in [0.4, 0.5) is 4.39 Å². The minimum absolute atomic E-state index is 0.119. The fourth-order valence-electron chi connectivity index (χ4n) is 3.41. The van der Waals surface area contributed by atoms with Crippen molar-refractivity contribution in [3.8, 4) is 0 Å². The molecule has 1 aliphatic rings. The molecule has 0 bridgehead atoms. The number of benzene rings is 1. The molecule has 110 valence electrons. The SMILES string of the molecule is CC1Cc2nc3c(Br)cc(F)cc3c(C(=O)O)c2C(C)C1. The molecule has 0 saturated carbocycles. The minimum Gasteiger partial charge on any atom is -0.478 e. The fourth-order valence-corrected chi connectivity index (χ4v) is 3.93. The Bertz CT molecular complexity index is 760. The van der Waals surface area contributed by atoms with Crippen molar-refractivity contribution >= 4 is 32.8 Å². The third-order valence-corrected chi connectivity index (χ3v) is 4.73. The van der Waals surface area contributed by atoms with E-state index in [1.807, 2.05) is 6.92 Å². The highest BCUT2D eigenvalue weighted by Gasteiger charge is 2.30. The van der Waals surface area contributed by atoms with Gasteiger partial charge in [-0.1, -0.05) is 13.8 Å². The summed E-state index contributed by atoms with van der Waals surface area (Å²) in [7, 11) is 0. The van der Waals surface area contributed by atoms with E-state index < -0.39 is 11.8 Å². The molecule has 1 aromatic heterocycles. The van der Waals surface area contributed by atoms with Crippen molar-refractivity contribution in [2.75, 3.05) is 0 Å². The Morgan fingerprint density at radius 2 is 2.14 bits per heavy atom. The van der Waals surface area contributed by atoms with Crippen LogP contribution in [0.15, 0.2) is 16.6 Å². The van der Waals surface area contributed by atoms with Crippen LogP contribution in [0.5, 0.6) is 0 Å². The minimum atomic E-state index is -1.02. The van der Waals surface area contributed by atoms with Crippen molar-refractivity contribution < 1.29 is 14.3 Å². The molecule has 1 aromatic carbocycles. The predicted molar refractivity (Wildman–Crippen MR) is 82.3 cm³/mol. The summed E-state index contributed by atoms with van der Waals surface area (Å²) in [6.07, 6.45) is 1.69. The molecule has 0 radical (unpaired) electrons. The summed E-state index contributed by atoms with van der Waals surface area (Å²) in [5.74, 6) is -0.889. The molecule has 0 aliphatic heterocycles. The smallest absolute Gasteiger partial charge is 0.336 e. The van der Waals surface area contributed by atoms with E-state index in [-0.39, 0.29) is 11.5 Å². The van der Waals surface area contributed by atoms with Gasteiger partial charge in [0.2, 0.25) is 0 Å². The summed E-state index contributed by atoms with van der Waals surface area (Å²) >= 11 is 3.29. The molecule has 2 aromatic rings. The monoisotopic (exact) mass is 351 g/mol. The second-order valence-corrected chi connectivity index (χ2v) is 6.74. The molecule has 2 unspecified atom stereocenters. The van der Waals surface area contributed by atoms with Gasteiger partial charge in [-0.3, -0.25) is 4.98 Å². The summed E-state index contributed by atoms with van der Waals surface area (Å²) in [4.78, 5) is 16.4. The lowest BCUT2D eigenvalue weighted by Crippen LogP contribution is -2.20. The summed E-state index contributed by atoms with van der Waals surface area (Å²) in [6.45, 7) is 4.16. The Balaban J connectivity index is 2.45. The molecular formula is C16H15BrFNO2. The van der Waals surface area contributed by atoms with Crippen molar-refractivity contribution in [3.05, 3.63) is 39.2 Å². The first-order valence-electron chi connectivity index (χ1n) is 6.93.